The van der Waals surface area contributed by atoms with E-state index in [2.05, 4.69) is 32.5 Å². The van der Waals surface area contributed by atoms with Crippen LogP contribution >= 0.6 is 0 Å². The van der Waals surface area contributed by atoms with Crippen LogP contribution in [0.1, 0.15) is 38.2 Å². The van der Waals surface area contributed by atoms with Crippen LogP contribution < -0.4 is 20.1 Å². The Morgan fingerprint density at radius 2 is 1.97 bits per heavy atom. The van der Waals surface area contributed by atoms with Gasteiger partial charge in [-0.25, -0.2) is 4.98 Å². The first kappa shape index (κ1) is 22.6. The Kier molecular flexibility index (Phi) is 8.23. The number of aliphatic hydroxyl groups excluding tert-OH is 1. The van der Waals surface area contributed by atoms with E-state index in [-0.39, 0.29) is 12.6 Å². The SMILES string of the molecule is CCCCC[C@H](CO)Nc1nc(NCc2ccc(OC)cc2OC)nc2cccnc12. The van der Waals surface area contributed by atoms with Crippen LogP contribution in [0.2, 0.25) is 0 Å². The molecule has 166 valence electrons. The van der Waals surface area contributed by atoms with Gasteiger partial charge in [-0.2, -0.15) is 4.98 Å². The average molecular weight is 426 g/mol. The number of nitrogens with one attached hydrogen (secondary N) is 2. The van der Waals surface area contributed by atoms with Crippen molar-refractivity contribution in [1.82, 2.24) is 15.0 Å². The first-order chi connectivity index (χ1) is 15.2. The molecule has 0 unspecified atom stereocenters. The number of ether oxygens (including phenoxy) is 2. The summed E-state index contributed by atoms with van der Waals surface area (Å²) in [7, 11) is 3.26. The molecule has 3 rings (SSSR count). The van der Waals surface area contributed by atoms with Crippen LogP contribution in [0.15, 0.2) is 36.5 Å². The number of pyridine rings is 1. The van der Waals surface area contributed by atoms with Crippen molar-refractivity contribution in [2.75, 3.05) is 31.5 Å². The molecule has 0 spiro atoms. The lowest BCUT2D eigenvalue weighted by atomic mass is 10.1. The second kappa shape index (κ2) is 11.3. The minimum Gasteiger partial charge on any atom is -0.497 e. The van der Waals surface area contributed by atoms with E-state index in [1.54, 1.807) is 20.4 Å². The summed E-state index contributed by atoms with van der Waals surface area (Å²) in [5.74, 6) is 2.55. The molecule has 0 aliphatic rings. The zero-order chi connectivity index (χ0) is 22.1. The number of aliphatic hydroxyl groups is 1. The zero-order valence-corrected chi connectivity index (χ0v) is 18.4. The summed E-state index contributed by atoms with van der Waals surface area (Å²) in [6.45, 7) is 2.69. The molecule has 3 N–H and O–H groups in total. The van der Waals surface area contributed by atoms with E-state index < -0.39 is 0 Å². The standard InChI is InChI=1S/C23H31N5O3/c1-4-5-6-8-17(15-29)26-22-21-19(9-7-12-24-21)27-23(28-22)25-14-16-10-11-18(30-2)13-20(16)31-3/h7,9-13,17,29H,4-6,8,14-15H2,1-3H3,(H2,25,26,27,28)/t17-/m1/s1. The fraction of sp³-hybridized carbons (Fsp3) is 0.435. The molecule has 8 heteroatoms. The molecule has 0 radical (unpaired) electrons. The Balaban J connectivity index is 1.81. The lowest BCUT2D eigenvalue weighted by molar-refractivity contribution is 0.266. The zero-order valence-electron chi connectivity index (χ0n) is 18.4. The Hall–Kier alpha value is -3.13. The van der Waals surface area contributed by atoms with Gasteiger partial charge in [0.15, 0.2) is 5.82 Å². The molecule has 1 atom stereocenters. The smallest absolute Gasteiger partial charge is 0.225 e. The van der Waals surface area contributed by atoms with Gasteiger partial charge in [0, 0.05) is 24.4 Å². The van der Waals surface area contributed by atoms with Crippen LogP contribution in [0, 0.1) is 0 Å². The van der Waals surface area contributed by atoms with Crippen LogP contribution in [-0.4, -0.2) is 46.9 Å². The van der Waals surface area contributed by atoms with Gasteiger partial charge in [-0.15, -0.1) is 0 Å². The molecule has 2 aromatic heterocycles. The van der Waals surface area contributed by atoms with Crippen LogP contribution in [0.25, 0.3) is 11.0 Å². The molecule has 0 aliphatic carbocycles. The number of hydrogen-bond acceptors (Lipinski definition) is 8. The first-order valence-electron chi connectivity index (χ1n) is 10.6. The molecule has 0 aliphatic heterocycles. The van der Waals surface area contributed by atoms with E-state index in [1.165, 1.54) is 0 Å². The Bertz CT molecular complexity index is 983. The maximum atomic E-state index is 9.81. The van der Waals surface area contributed by atoms with Gasteiger partial charge in [0.05, 0.1) is 32.4 Å². The van der Waals surface area contributed by atoms with Gasteiger partial charge >= 0.3 is 0 Å². The average Bonchev–Trinajstić information content (AvgIpc) is 2.82. The van der Waals surface area contributed by atoms with Crippen molar-refractivity contribution in [3.05, 3.63) is 42.1 Å². The van der Waals surface area contributed by atoms with Crippen LogP contribution in [0.3, 0.4) is 0 Å². The van der Waals surface area contributed by atoms with E-state index in [4.69, 9.17) is 9.47 Å². The molecule has 31 heavy (non-hydrogen) atoms. The molecule has 8 nitrogen and oxygen atoms in total. The number of anilines is 2. The molecule has 0 amide bonds. The van der Waals surface area contributed by atoms with Crippen molar-refractivity contribution in [3.63, 3.8) is 0 Å². The van der Waals surface area contributed by atoms with E-state index in [0.29, 0.717) is 23.8 Å². The minimum atomic E-state index is -0.0822. The fourth-order valence-corrected chi connectivity index (χ4v) is 3.36. The predicted molar refractivity (Wildman–Crippen MR) is 123 cm³/mol. The predicted octanol–water partition coefficient (Wildman–Crippen LogP) is 4.01. The first-order valence-corrected chi connectivity index (χ1v) is 10.6. The van der Waals surface area contributed by atoms with Crippen molar-refractivity contribution in [2.45, 2.75) is 45.2 Å². The summed E-state index contributed by atoms with van der Waals surface area (Å²) in [6.07, 6.45) is 5.91. The van der Waals surface area contributed by atoms with Gasteiger partial charge in [-0.05, 0) is 30.7 Å². The van der Waals surface area contributed by atoms with Crippen LogP contribution in [-0.2, 0) is 6.54 Å². The summed E-state index contributed by atoms with van der Waals surface area (Å²) in [5.41, 5.74) is 2.37. The summed E-state index contributed by atoms with van der Waals surface area (Å²) in [6, 6.07) is 9.35. The molecular weight excluding hydrogens is 394 g/mol. The molecular formula is C23H31N5O3. The number of methoxy groups -OCH3 is 2. The lowest BCUT2D eigenvalue weighted by Crippen LogP contribution is -2.25. The van der Waals surface area contributed by atoms with E-state index in [0.717, 1.165) is 48.3 Å². The van der Waals surface area contributed by atoms with Gasteiger partial charge in [0.25, 0.3) is 0 Å². The highest BCUT2D eigenvalue weighted by molar-refractivity contribution is 5.86. The van der Waals surface area contributed by atoms with Crippen molar-refractivity contribution in [1.29, 1.82) is 0 Å². The Labute approximate surface area is 183 Å². The summed E-state index contributed by atoms with van der Waals surface area (Å²) >= 11 is 0. The van der Waals surface area contributed by atoms with Crippen LogP contribution in [0.5, 0.6) is 11.5 Å². The lowest BCUT2D eigenvalue weighted by Gasteiger charge is -2.18. The van der Waals surface area contributed by atoms with Gasteiger partial charge < -0.3 is 25.2 Å². The topological polar surface area (TPSA) is 101 Å². The van der Waals surface area contributed by atoms with Crippen molar-refractivity contribution < 1.29 is 14.6 Å². The third-order valence-corrected chi connectivity index (χ3v) is 5.10. The molecule has 1 aromatic carbocycles. The van der Waals surface area contributed by atoms with Crippen molar-refractivity contribution in [3.8, 4) is 11.5 Å². The normalized spacial score (nSPS) is 11.9. The molecule has 2 heterocycles. The Morgan fingerprint density at radius 1 is 1.10 bits per heavy atom. The summed E-state index contributed by atoms with van der Waals surface area (Å²) < 4.78 is 10.7. The fourth-order valence-electron chi connectivity index (χ4n) is 3.36. The third kappa shape index (κ3) is 5.95. The number of unbranched alkanes of at least 4 members (excludes halogenated alkanes) is 2. The van der Waals surface area contributed by atoms with E-state index in [1.807, 2.05) is 30.3 Å². The van der Waals surface area contributed by atoms with E-state index in [9.17, 15) is 5.11 Å². The molecule has 3 aromatic rings. The second-order valence-corrected chi connectivity index (χ2v) is 7.32. The maximum absolute atomic E-state index is 9.81. The van der Waals surface area contributed by atoms with Crippen LogP contribution in [0.4, 0.5) is 11.8 Å². The second-order valence-electron chi connectivity index (χ2n) is 7.32. The van der Waals surface area contributed by atoms with Crippen molar-refractivity contribution >= 4 is 22.8 Å². The quantitative estimate of drug-likeness (QED) is 0.374. The number of benzene rings is 1. The highest BCUT2D eigenvalue weighted by Crippen LogP contribution is 2.26. The molecule has 0 bridgehead atoms. The Morgan fingerprint density at radius 3 is 2.71 bits per heavy atom. The number of hydrogen-bond donors (Lipinski definition) is 3. The maximum Gasteiger partial charge on any atom is 0.225 e. The highest BCUT2D eigenvalue weighted by Gasteiger charge is 2.14. The van der Waals surface area contributed by atoms with E-state index >= 15 is 0 Å². The van der Waals surface area contributed by atoms with Gasteiger partial charge in [-0.3, -0.25) is 4.98 Å². The monoisotopic (exact) mass is 425 g/mol. The number of fused-ring (bicyclic) bond motifs is 1. The number of nitrogens with zero attached hydrogens (tertiary/aromatic N) is 3. The minimum absolute atomic E-state index is 0.0356. The van der Waals surface area contributed by atoms with Crippen molar-refractivity contribution in [2.24, 2.45) is 0 Å². The molecule has 0 saturated carbocycles. The number of rotatable bonds is 12. The van der Waals surface area contributed by atoms with Gasteiger partial charge in [0.2, 0.25) is 5.95 Å². The summed E-state index contributed by atoms with van der Waals surface area (Å²) in [4.78, 5) is 13.7. The van der Waals surface area contributed by atoms with Gasteiger partial charge in [-0.1, -0.05) is 26.2 Å². The third-order valence-electron chi connectivity index (χ3n) is 5.10. The van der Waals surface area contributed by atoms with Gasteiger partial charge in [0.1, 0.15) is 17.0 Å². The highest BCUT2D eigenvalue weighted by atomic mass is 16.5. The molecule has 0 fully saturated rings. The summed E-state index contributed by atoms with van der Waals surface area (Å²) in [5, 5.41) is 16.5. The largest absolute Gasteiger partial charge is 0.497 e. The number of aromatic nitrogens is 3. The molecule has 0 saturated heterocycles.